The molecule has 5 heteroatoms. The first kappa shape index (κ1) is 14.8. The van der Waals surface area contributed by atoms with Crippen LogP contribution < -0.4 is 5.32 Å². The van der Waals surface area contributed by atoms with E-state index in [1.165, 1.54) is 6.07 Å². The molecule has 0 aliphatic rings. The van der Waals surface area contributed by atoms with E-state index in [0.717, 1.165) is 23.4 Å². The minimum absolute atomic E-state index is 0.0979. The third kappa shape index (κ3) is 3.48. The largest absolute Gasteiger partial charge is 0.306 e. The fourth-order valence-corrected chi connectivity index (χ4v) is 3.24. The summed E-state index contributed by atoms with van der Waals surface area (Å²) in [4.78, 5) is 0.997. The molecule has 0 fully saturated rings. The van der Waals surface area contributed by atoms with Crippen molar-refractivity contribution < 1.29 is 4.39 Å². The lowest BCUT2D eigenvalue weighted by Gasteiger charge is -2.18. The molecular formula is C14H14Cl2FNS. The van der Waals surface area contributed by atoms with Gasteiger partial charge in [0, 0.05) is 4.88 Å². The van der Waals surface area contributed by atoms with Crippen molar-refractivity contribution in [2.75, 3.05) is 6.54 Å². The second-order valence-electron chi connectivity index (χ2n) is 4.19. The van der Waals surface area contributed by atoms with E-state index in [0.29, 0.717) is 5.02 Å². The first-order valence-corrected chi connectivity index (χ1v) is 7.68. The molecule has 1 atom stereocenters. The average Bonchev–Trinajstić information content (AvgIpc) is 2.80. The Morgan fingerprint density at radius 3 is 2.63 bits per heavy atom. The number of thiophene rings is 1. The summed E-state index contributed by atoms with van der Waals surface area (Å²) in [6, 6.07) is 6.63. The lowest BCUT2D eigenvalue weighted by atomic mass is 10.0. The van der Waals surface area contributed by atoms with Crippen LogP contribution in [0.1, 0.15) is 29.8 Å². The van der Waals surface area contributed by atoms with Crippen molar-refractivity contribution in [2.24, 2.45) is 0 Å². The maximum atomic E-state index is 13.6. The van der Waals surface area contributed by atoms with E-state index in [2.05, 4.69) is 12.2 Å². The molecule has 2 aromatic rings. The van der Waals surface area contributed by atoms with Crippen molar-refractivity contribution in [2.45, 2.75) is 19.4 Å². The minimum atomic E-state index is -0.407. The van der Waals surface area contributed by atoms with Crippen molar-refractivity contribution in [3.8, 4) is 0 Å². The van der Waals surface area contributed by atoms with E-state index in [1.807, 2.05) is 17.5 Å². The lowest BCUT2D eigenvalue weighted by molar-refractivity contribution is 0.591. The number of nitrogens with one attached hydrogen (secondary N) is 1. The predicted molar refractivity (Wildman–Crippen MR) is 80.9 cm³/mol. The second-order valence-corrected chi connectivity index (χ2v) is 5.96. The molecule has 0 spiro atoms. The van der Waals surface area contributed by atoms with Gasteiger partial charge in [-0.2, -0.15) is 0 Å². The Morgan fingerprint density at radius 2 is 2.05 bits per heavy atom. The highest BCUT2D eigenvalue weighted by atomic mass is 35.5. The molecule has 19 heavy (non-hydrogen) atoms. The molecule has 0 saturated heterocycles. The smallest absolute Gasteiger partial charge is 0.142 e. The van der Waals surface area contributed by atoms with Crippen LogP contribution in [0, 0.1) is 5.82 Å². The Bertz CT molecular complexity index is 556. The molecule has 1 aromatic heterocycles. The van der Waals surface area contributed by atoms with Crippen LogP contribution in [0.3, 0.4) is 0 Å². The van der Waals surface area contributed by atoms with E-state index in [1.54, 1.807) is 17.4 Å². The van der Waals surface area contributed by atoms with Gasteiger partial charge in [0.1, 0.15) is 5.82 Å². The topological polar surface area (TPSA) is 12.0 Å². The molecule has 0 saturated carbocycles. The standard InChI is InChI=1S/C14H14Cl2FNS/c1-2-6-18-13(14-11(16)5-7-19-14)9-3-4-10(15)12(17)8-9/h3-5,7-8,13,18H,2,6H2,1H3. The van der Waals surface area contributed by atoms with Gasteiger partial charge in [-0.3, -0.25) is 0 Å². The van der Waals surface area contributed by atoms with E-state index < -0.39 is 5.82 Å². The summed E-state index contributed by atoms with van der Waals surface area (Å²) in [5.41, 5.74) is 0.833. The van der Waals surface area contributed by atoms with Crippen LogP contribution in [0.25, 0.3) is 0 Å². The van der Waals surface area contributed by atoms with Crippen molar-refractivity contribution in [3.63, 3.8) is 0 Å². The Kier molecular flexibility index (Phi) is 5.22. The second kappa shape index (κ2) is 6.71. The van der Waals surface area contributed by atoms with Gasteiger partial charge in [-0.15, -0.1) is 11.3 Å². The van der Waals surface area contributed by atoms with Crippen LogP contribution in [0.15, 0.2) is 29.6 Å². The molecule has 1 unspecified atom stereocenters. The van der Waals surface area contributed by atoms with E-state index in [-0.39, 0.29) is 11.1 Å². The van der Waals surface area contributed by atoms with Crippen LogP contribution in [0.4, 0.5) is 4.39 Å². The average molecular weight is 318 g/mol. The Hall–Kier alpha value is -0.610. The highest BCUT2D eigenvalue weighted by molar-refractivity contribution is 7.10. The number of hydrogen-bond donors (Lipinski definition) is 1. The number of halogens is 3. The lowest BCUT2D eigenvalue weighted by Crippen LogP contribution is -2.22. The van der Waals surface area contributed by atoms with Gasteiger partial charge < -0.3 is 5.32 Å². The summed E-state index contributed by atoms with van der Waals surface area (Å²) in [5, 5.41) is 6.16. The summed E-state index contributed by atoms with van der Waals surface area (Å²) >= 11 is 13.5. The first-order chi connectivity index (χ1) is 9.13. The Morgan fingerprint density at radius 1 is 1.26 bits per heavy atom. The van der Waals surface area contributed by atoms with Gasteiger partial charge in [0.2, 0.25) is 0 Å². The molecular weight excluding hydrogens is 304 g/mol. The van der Waals surface area contributed by atoms with Crippen molar-refractivity contribution in [3.05, 3.63) is 55.9 Å². The Labute approximate surface area is 126 Å². The zero-order valence-electron chi connectivity index (χ0n) is 10.4. The molecule has 1 aromatic carbocycles. The van der Waals surface area contributed by atoms with Gasteiger partial charge in [-0.25, -0.2) is 4.39 Å². The van der Waals surface area contributed by atoms with Gasteiger partial charge in [0.05, 0.1) is 16.1 Å². The molecule has 102 valence electrons. The SMILES string of the molecule is CCCNC(c1ccc(Cl)c(F)c1)c1sccc1Cl. The highest BCUT2D eigenvalue weighted by Gasteiger charge is 2.18. The predicted octanol–water partition coefficient (Wildman–Crippen LogP) is 5.28. The summed E-state index contributed by atoms with van der Waals surface area (Å²) < 4.78 is 13.6. The molecule has 0 radical (unpaired) electrons. The first-order valence-electron chi connectivity index (χ1n) is 6.04. The quantitative estimate of drug-likeness (QED) is 0.790. The monoisotopic (exact) mass is 317 g/mol. The minimum Gasteiger partial charge on any atom is -0.306 e. The van der Waals surface area contributed by atoms with Crippen LogP contribution in [-0.4, -0.2) is 6.54 Å². The summed E-state index contributed by atoms with van der Waals surface area (Å²) in [5.74, 6) is -0.407. The molecule has 2 rings (SSSR count). The van der Waals surface area contributed by atoms with Gasteiger partial charge in [-0.1, -0.05) is 36.2 Å². The molecule has 1 nitrogen and oxygen atoms in total. The molecule has 0 amide bonds. The van der Waals surface area contributed by atoms with Crippen molar-refractivity contribution in [1.82, 2.24) is 5.32 Å². The number of hydrogen-bond acceptors (Lipinski definition) is 2. The zero-order chi connectivity index (χ0) is 13.8. The maximum Gasteiger partial charge on any atom is 0.142 e. The molecule has 0 aliphatic heterocycles. The fraction of sp³-hybridized carbons (Fsp3) is 0.286. The normalized spacial score (nSPS) is 12.6. The number of rotatable bonds is 5. The zero-order valence-corrected chi connectivity index (χ0v) is 12.7. The van der Waals surface area contributed by atoms with Crippen molar-refractivity contribution in [1.29, 1.82) is 0 Å². The summed E-state index contributed by atoms with van der Waals surface area (Å²) in [6.45, 7) is 2.92. The highest BCUT2D eigenvalue weighted by Crippen LogP contribution is 2.33. The summed E-state index contributed by atoms with van der Waals surface area (Å²) in [6.07, 6.45) is 0.996. The van der Waals surface area contributed by atoms with Crippen LogP contribution in [0.5, 0.6) is 0 Å². The van der Waals surface area contributed by atoms with Gasteiger partial charge in [-0.05, 0) is 42.1 Å². The fourth-order valence-electron chi connectivity index (χ4n) is 1.85. The van der Waals surface area contributed by atoms with Crippen molar-refractivity contribution >= 4 is 34.5 Å². The van der Waals surface area contributed by atoms with Crippen LogP contribution in [-0.2, 0) is 0 Å². The molecule has 1 heterocycles. The van der Waals surface area contributed by atoms with Gasteiger partial charge >= 0.3 is 0 Å². The van der Waals surface area contributed by atoms with Crippen LogP contribution >= 0.6 is 34.5 Å². The van der Waals surface area contributed by atoms with Gasteiger partial charge in [0.15, 0.2) is 0 Å². The maximum absolute atomic E-state index is 13.6. The van der Waals surface area contributed by atoms with E-state index in [9.17, 15) is 4.39 Å². The third-order valence-electron chi connectivity index (χ3n) is 2.78. The van der Waals surface area contributed by atoms with E-state index in [4.69, 9.17) is 23.2 Å². The number of benzene rings is 1. The third-order valence-corrected chi connectivity index (χ3v) is 4.51. The van der Waals surface area contributed by atoms with E-state index >= 15 is 0 Å². The Balaban J connectivity index is 2.37. The molecule has 1 N–H and O–H groups in total. The summed E-state index contributed by atoms with van der Waals surface area (Å²) in [7, 11) is 0. The molecule has 0 aliphatic carbocycles. The van der Waals surface area contributed by atoms with Gasteiger partial charge in [0.25, 0.3) is 0 Å². The molecule has 0 bridgehead atoms. The van der Waals surface area contributed by atoms with Crippen LogP contribution in [0.2, 0.25) is 10.0 Å².